The van der Waals surface area contributed by atoms with E-state index in [0.717, 1.165) is 6.42 Å². The molecule has 2 unspecified atom stereocenters. The molecule has 0 saturated heterocycles. The molecule has 0 rings (SSSR count). The van der Waals surface area contributed by atoms with Gasteiger partial charge in [-0.05, 0) is 33.4 Å². The summed E-state index contributed by atoms with van der Waals surface area (Å²) in [6.07, 6.45) is 1.95. The number of primary amides is 1. The van der Waals surface area contributed by atoms with Crippen LogP contribution in [0.25, 0.3) is 0 Å². The lowest BCUT2D eigenvalue weighted by atomic mass is 10.1. The van der Waals surface area contributed by atoms with E-state index in [1.54, 1.807) is 14.1 Å². The number of nitrogens with one attached hydrogen (secondary N) is 2. The van der Waals surface area contributed by atoms with E-state index in [9.17, 15) is 9.59 Å². The zero-order valence-electron chi connectivity index (χ0n) is 10.1. The molecule has 0 aliphatic rings. The van der Waals surface area contributed by atoms with Gasteiger partial charge in [0.15, 0.2) is 0 Å². The van der Waals surface area contributed by atoms with Gasteiger partial charge in [-0.15, -0.1) is 0 Å². The SMILES string of the molecule is CNC(CCCC(NC)C(=O)OC)C(N)=O. The number of ether oxygens (including phenoxy) is 1. The van der Waals surface area contributed by atoms with E-state index in [2.05, 4.69) is 15.4 Å². The van der Waals surface area contributed by atoms with Crippen LogP contribution in [-0.4, -0.2) is 45.2 Å². The molecule has 0 aliphatic heterocycles. The Morgan fingerprint density at radius 1 is 1.19 bits per heavy atom. The second-order valence-electron chi connectivity index (χ2n) is 3.54. The third-order valence-corrected chi connectivity index (χ3v) is 2.51. The van der Waals surface area contributed by atoms with Crippen molar-refractivity contribution in [1.82, 2.24) is 10.6 Å². The number of esters is 1. The van der Waals surface area contributed by atoms with Gasteiger partial charge in [-0.2, -0.15) is 0 Å². The minimum atomic E-state index is -0.374. The Morgan fingerprint density at radius 2 is 1.69 bits per heavy atom. The number of hydrogen-bond donors (Lipinski definition) is 3. The van der Waals surface area contributed by atoms with Gasteiger partial charge in [0.05, 0.1) is 13.2 Å². The summed E-state index contributed by atoms with van der Waals surface area (Å²) >= 11 is 0. The summed E-state index contributed by atoms with van der Waals surface area (Å²) in [4.78, 5) is 22.1. The van der Waals surface area contributed by atoms with Gasteiger partial charge >= 0.3 is 5.97 Å². The van der Waals surface area contributed by atoms with Crippen molar-refractivity contribution in [3.63, 3.8) is 0 Å². The fourth-order valence-electron chi connectivity index (χ4n) is 1.48. The molecule has 0 aromatic heterocycles. The fraction of sp³-hybridized carbons (Fsp3) is 0.800. The molecule has 0 fully saturated rings. The van der Waals surface area contributed by atoms with E-state index < -0.39 is 0 Å². The van der Waals surface area contributed by atoms with Crippen LogP contribution < -0.4 is 16.4 Å². The Morgan fingerprint density at radius 3 is 2.06 bits per heavy atom. The van der Waals surface area contributed by atoms with Crippen LogP contribution >= 0.6 is 0 Å². The first-order valence-corrected chi connectivity index (χ1v) is 5.28. The predicted molar refractivity (Wildman–Crippen MR) is 60.8 cm³/mol. The summed E-state index contributed by atoms with van der Waals surface area (Å²) in [5.41, 5.74) is 5.17. The molecule has 1 amide bonds. The number of nitrogens with two attached hydrogens (primary N) is 1. The molecule has 0 aromatic carbocycles. The Bertz CT molecular complexity index is 233. The minimum absolute atomic E-state index is 0.289. The zero-order valence-corrected chi connectivity index (χ0v) is 10.1. The van der Waals surface area contributed by atoms with E-state index in [0.29, 0.717) is 12.8 Å². The first-order valence-electron chi connectivity index (χ1n) is 5.28. The van der Waals surface area contributed by atoms with Gasteiger partial charge in [0.1, 0.15) is 6.04 Å². The number of amides is 1. The molecule has 94 valence electrons. The summed E-state index contributed by atoms with van der Waals surface area (Å²) < 4.78 is 4.63. The molecule has 16 heavy (non-hydrogen) atoms. The molecule has 6 heteroatoms. The van der Waals surface area contributed by atoms with Crippen LogP contribution in [0.3, 0.4) is 0 Å². The Balaban J connectivity index is 3.94. The van der Waals surface area contributed by atoms with Crippen LogP contribution in [0.15, 0.2) is 0 Å². The standard InChI is InChI=1S/C10H21N3O3/c1-12-7(9(11)14)5-4-6-8(13-2)10(15)16-3/h7-8,12-13H,4-6H2,1-3H3,(H2,11,14). The maximum absolute atomic E-state index is 11.2. The molecule has 0 aromatic rings. The lowest BCUT2D eigenvalue weighted by Gasteiger charge is -2.15. The summed E-state index contributed by atoms with van der Waals surface area (Å²) in [5, 5.41) is 5.69. The number of carbonyl (C=O) groups excluding carboxylic acids is 2. The Labute approximate surface area is 95.9 Å². The topological polar surface area (TPSA) is 93.4 Å². The number of hydrogen-bond acceptors (Lipinski definition) is 5. The molecule has 0 heterocycles. The van der Waals surface area contributed by atoms with E-state index >= 15 is 0 Å². The summed E-state index contributed by atoms with van der Waals surface area (Å²) in [7, 11) is 4.74. The van der Waals surface area contributed by atoms with E-state index in [4.69, 9.17) is 5.73 Å². The van der Waals surface area contributed by atoms with E-state index in [-0.39, 0.29) is 24.0 Å². The highest BCUT2D eigenvalue weighted by Gasteiger charge is 2.18. The third-order valence-electron chi connectivity index (χ3n) is 2.51. The zero-order chi connectivity index (χ0) is 12.6. The first kappa shape index (κ1) is 14.9. The molecule has 4 N–H and O–H groups in total. The molecule has 2 atom stereocenters. The minimum Gasteiger partial charge on any atom is -0.468 e. The number of carbonyl (C=O) groups is 2. The maximum Gasteiger partial charge on any atom is 0.322 e. The molecule has 6 nitrogen and oxygen atoms in total. The van der Waals surface area contributed by atoms with Crippen molar-refractivity contribution >= 4 is 11.9 Å². The quantitative estimate of drug-likeness (QED) is 0.465. The Hall–Kier alpha value is -1.14. The lowest BCUT2D eigenvalue weighted by molar-refractivity contribution is -0.143. The lowest BCUT2D eigenvalue weighted by Crippen LogP contribution is -2.40. The molecular formula is C10H21N3O3. The molecule has 0 bridgehead atoms. The molecule has 0 spiro atoms. The van der Waals surface area contributed by atoms with Gasteiger partial charge < -0.3 is 21.1 Å². The molecule has 0 radical (unpaired) electrons. The van der Waals surface area contributed by atoms with Gasteiger partial charge in [0.2, 0.25) is 5.91 Å². The average molecular weight is 231 g/mol. The van der Waals surface area contributed by atoms with Gasteiger partial charge in [-0.3, -0.25) is 9.59 Å². The van der Waals surface area contributed by atoms with Gasteiger partial charge in [-0.25, -0.2) is 0 Å². The van der Waals surface area contributed by atoms with Crippen molar-refractivity contribution in [3.8, 4) is 0 Å². The van der Waals surface area contributed by atoms with Crippen LogP contribution in [0.4, 0.5) is 0 Å². The maximum atomic E-state index is 11.2. The molecule has 0 aliphatic carbocycles. The van der Waals surface area contributed by atoms with E-state index in [1.807, 2.05) is 0 Å². The second-order valence-corrected chi connectivity index (χ2v) is 3.54. The Kier molecular flexibility index (Phi) is 7.49. The summed E-state index contributed by atoms with van der Waals surface area (Å²) in [6, 6.07) is -0.662. The van der Waals surface area contributed by atoms with Gasteiger partial charge in [-0.1, -0.05) is 0 Å². The highest BCUT2D eigenvalue weighted by Crippen LogP contribution is 2.05. The van der Waals surface area contributed by atoms with Gasteiger partial charge in [0, 0.05) is 0 Å². The highest BCUT2D eigenvalue weighted by molar-refractivity contribution is 5.79. The largest absolute Gasteiger partial charge is 0.468 e. The number of methoxy groups -OCH3 is 1. The second kappa shape index (κ2) is 8.06. The molecular weight excluding hydrogens is 210 g/mol. The number of rotatable bonds is 8. The highest BCUT2D eigenvalue weighted by atomic mass is 16.5. The predicted octanol–water partition coefficient (Wildman–Crippen LogP) is -1.01. The normalized spacial score (nSPS) is 14.2. The summed E-state index contributed by atoms with van der Waals surface area (Å²) in [6.45, 7) is 0. The average Bonchev–Trinajstić information content (AvgIpc) is 2.28. The van der Waals surface area contributed by atoms with Crippen LogP contribution in [-0.2, 0) is 14.3 Å². The first-order chi connectivity index (χ1) is 7.56. The smallest absolute Gasteiger partial charge is 0.322 e. The van der Waals surface area contributed by atoms with Crippen molar-refractivity contribution in [2.24, 2.45) is 5.73 Å². The van der Waals surface area contributed by atoms with E-state index in [1.165, 1.54) is 7.11 Å². The number of likely N-dealkylation sites (N-methyl/N-ethyl adjacent to an activating group) is 2. The van der Waals surface area contributed by atoms with Crippen molar-refractivity contribution < 1.29 is 14.3 Å². The van der Waals surface area contributed by atoms with Crippen molar-refractivity contribution in [2.45, 2.75) is 31.3 Å². The van der Waals surface area contributed by atoms with Crippen LogP contribution in [0.5, 0.6) is 0 Å². The van der Waals surface area contributed by atoms with Crippen molar-refractivity contribution in [1.29, 1.82) is 0 Å². The third kappa shape index (κ3) is 5.09. The monoisotopic (exact) mass is 231 g/mol. The van der Waals surface area contributed by atoms with Crippen LogP contribution in [0.1, 0.15) is 19.3 Å². The van der Waals surface area contributed by atoms with Crippen molar-refractivity contribution in [2.75, 3.05) is 21.2 Å². The van der Waals surface area contributed by atoms with Crippen molar-refractivity contribution in [3.05, 3.63) is 0 Å². The van der Waals surface area contributed by atoms with Crippen LogP contribution in [0.2, 0.25) is 0 Å². The van der Waals surface area contributed by atoms with Gasteiger partial charge in [0.25, 0.3) is 0 Å². The van der Waals surface area contributed by atoms with Crippen LogP contribution in [0, 0.1) is 0 Å². The molecule has 0 saturated carbocycles. The fourth-order valence-corrected chi connectivity index (χ4v) is 1.48. The summed E-state index contributed by atoms with van der Waals surface area (Å²) in [5.74, 6) is -0.663.